The van der Waals surface area contributed by atoms with Crippen molar-refractivity contribution < 1.29 is 14.6 Å². The molecule has 2 rings (SSSR count). The Morgan fingerprint density at radius 1 is 1.60 bits per heavy atom. The molecule has 2 unspecified atom stereocenters. The molecule has 2 atom stereocenters. The molecule has 1 aromatic carbocycles. The summed E-state index contributed by atoms with van der Waals surface area (Å²) in [5, 5.41) is 15.7. The molecule has 1 heterocycles. The fourth-order valence-electron chi connectivity index (χ4n) is 2.20. The van der Waals surface area contributed by atoms with E-state index in [1.54, 1.807) is 0 Å². The van der Waals surface area contributed by atoms with Crippen molar-refractivity contribution >= 4 is 5.91 Å². The minimum atomic E-state index is -0.700. The van der Waals surface area contributed by atoms with E-state index < -0.39 is 6.10 Å². The van der Waals surface area contributed by atoms with Crippen molar-refractivity contribution in [1.82, 2.24) is 10.6 Å². The maximum Gasteiger partial charge on any atom is 0.224 e. The fourth-order valence-corrected chi connectivity index (χ4v) is 2.20. The second-order valence-corrected chi connectivity index (χ2v) is 5.22. The van der Waals surface area contributed by atoms with E-state index in [0.29, 0.717) is 0 Å². The minimum Gasteiger partial charge on any atom is -0.491 e. The van der Waals surface area contributed by atoms with Crippen LogP contribution < -0.4 is 15.4 Å². The van der Waals surface area contributed by atoms with Crippen molar-refractivity contribution in [3.63, 3.8) is 0 Å². The van der Waals surface area contributed by atoms with Crippen LogP contribution in [0.3, 0.4) is 0 Å². The number of carbonyl (C=O) groups is 1. The number of amides is 1. The summed E-state index contributed by atoms with van der Waals surface area (Å²) >= 11 is 0. The number of aliphatic hydroxyl groups excluding tert-OH is 1. The summed E-state index contributed by atoms with van der Waals surface area (Å²) in [6.45, 7) is 3.99. The first-order valence-electron chi connectivity index (χ1n) is 7.01. The Hall–Kier alpha value is -1.59. The molecule has 1 saturated heterocycles. The summed E-state index contributed by atoms with van der Waals surface area (Å²) in [6.07, 6.45) is 0.163. The Morgan fingerprint density at radius 2 is 2.45 bits per heavy atom. The molecule has 0 aliphatic carbocycles. The smallest absolute Gasteiger partial charge is 0.224 e. The Balaban J connectivity index is 1.67. The van der Waals surface area contributed by atoms with Gasteiger partial charge in [-0.2, -0.15) is 0 Å². The van der Waals surface area contributed by atoms with Gasteiger partial charge >= 0.3 is 0 Å². The topological polar surface area (TPSA) is 70.6 Å². The molecule has 1 aliphatic heterocycles. The molecule has 0 radical (unpaired) electrons. The summed E-state index contributed by atoms with van der Waals surface area (Å²) < 4.78 is 5.49. The van der Waals surface area contributed by atoms with Crippen LogP contribution in [0, 0.1) is 12.8 Å². The van der Waals surface area contributed by atoms with Crippen molar-refractivity contribution in [2.75, 3.05) is 26.2 Å². The van der Waals surface area contributed by atoms with Crippen LogP contribution in [0.5, 0.6) is 5.75 Å². The van der Waals surface area contributed by atoms with E-state index in [-0.39, 0.29) is 25.0 Å². The molecule has 1 aromatic rings. The predicted octanol–water partition coefficient (Wildman–Crippen LogP) is 0.460. The summed E-state index contributed by atoms with van der Waals surface area (Å²) in [4.78, 5) is 11.8. The summed E-state index contributed by atoms with van der Waals surface area (Å²) in [5.74, 6) is 0.764. The lowest BCUT2D eigenvalue weighted by molar-refractivity contribution is -0.124. The van der Waals surface area contributed by atoms with Gasteiger partial charge in [0.15, 0.2) is 0 Å². The SMILES string of the molecule is Cc1cccc(OCC(O)CNC(=O)C2CCNC2)c1. The molecule has 110 valence electrons. The molecule has 5 nitrogen and oxygen atoms in total. The van der Waals surface area contributed by atoms with E-state index in [1.165, 1.54) is 0 Å². The van der Waals surface area contributed by atoms with Crippen LogP contribution in [0.1, 0.15) is 12.0 Å². The van der Waals surface area contributed by atoms with Gasteiger partial charge in [-0.1, -0.05) is 12.1 Å². The van der Waals surface area contributed by atoms with Gasteiger partial charge in [-0.05, 0) is 37.6 Å². The molecule has 0 bridgehead atoms. The van der Waals surface area contributed by atoms with Crippen molar-refractivity contribution in [3.8, 4) is 5.75 Å². The van der Waals surface area contributed by atoms with Crippen LogP contribution >= 0.6 is 0 Å². The number of rotatable bonds is 6. The predicted molar refractivity (Wildman–Crippen MR) is 76.7 cm³/mol. The zero-order chi connectivity index (χ0) is 14.4. The number of ether oxygens (including phenoxy) is 1. The molecular formula is C15H22N2O3. The number of aliphatic hydroxyl groups is 1. The Labute approximate surface area is 119 Å². The summed E-state index contributed by atoms with van der Waals surface area (Å²) in [5.41, 5.74) is 1.11. The highest BCUT2D eigenvalue weighted by Gasteiger charge is 2.22. The van der Waals surface area contributed by atoms with Gasteiger partial charge in [-0.25, -0.2) is 0 Å². The maximum absolute atomic E-state index is 11.8. The molecule has 3 N–H and O–H groups in total. The van der Waals surface area contributed by atoms with Crippen molar-refractivity contribution in [1.29, 1.82) is 0 Å². The lowest BCUT2D eigenvalue weighted by Crippen LogP contribution is -2.39. The van der Waals surface area contributed by atoms with Gasteiger partial charge in [0.1, 0.15) is 18.5 Å². The standard InChI is InChI=1S/C15H22N2O3/c1-11-3-2-4-14(7-11)20-10-13(18)9-17-15(19)12-5-6-16-8-12/h2-4,7,12-13,16,18H,5-6,8-10H2,1H3,(H,17,19). The highest BCUT2D eigenvalue weighted by molar-refractivity contribution is 5.79. The van der Waals surface area contributed by atoms with Crippen LogP contribution in [-0.4, -0.2) is 43.4 Å². The van der Waals surface area contributed by atoms with E-state index in [4.69, 9.17) is 4.74 Å². The molecule has 0 aromatic heterocycles. The van der Waals surface area contributed by atoms with E-state index in [0.717, 1.165) is 30.8 Å². The van der Waals surface area contributed by atoms with Gasteiger partial charge < -0.3 is 20.5 Å². The first kappa shape index (κ1) is 14.8. The summed E-state index contributed by atoms with van der Waals surface area (Å²) in [6, 6.07) is 7.66. The second kappa shape index (κ2) is 7.26. The van der Waals surface area contributed by atoms with Gasteiger partial charge in [0.2, 0.25) is 5.91 Å². The third-order valence-corrected chi connectivity index (χ3v) is 3.37. The normalized spacial score (nSPS) is 19.6. The highest BCUT2D eigenvalue weighted by atomic mass is 16.5. The zero-order valence-electron chi connectivity index (χ0n) is 11.8. The van der Waals surface area contributed by atoms with Gasteiger partial charge in [0.25, 0.3) is 0 Å². The third-order valence-electron chi connectivity index (χ3n) is 3.37. The summed E-state index contributed by atoms with van der Waals surface area (Å²) in [7, 11) is 0. The second-order valence-electron chi connectivity index (χ2n) is 5.22. The van der Waals surface area contributed by atoms with E-state index >= 15 is 0 Å². The lowest BCUT2D eigenvalue weighted by atomic mass is 10.1. The van der Waals surface area contributed by atoms with E-state index in [2.05, 4.69) is 10.6 Å². The molecule has 1 amide bonds. The molecule has 0 spiro atoms. The molecule has 0 saturated carbocycles. The number of benzene rings is 1. The van der Waals surface area contributed by atoms with Crippen molar-refractivity contribution in [3.05, 3.63) is 29.8 Å². The third kappa shape index (κ3) is 4.51. The van der Waals surface area contributed by atoms with Gasteiger partial charge in [0.05, 0.1) is 5.92 Å². The average molecular weight is 278 g/mol. The van der Waals surface area contributed by atoms with E-state index in [9.17, 15) is 9.90 Å². The largest absolute Gasteiger partial charge is 0.491 e. The zero-order valence-corrected chi connectivity index (χ0v) is 11.8. The Morgan fingerprint density at radius 3 is 3.15 bits per heavy atom. The molecule has 1 fully saturated rings. The molecule has 5 heteroatoms. The highest BCUT2D eigenvalue weighted by Crippen LogP contribution is 2.12. The van der Waals surface area contributed by atoms with Gasteiger partial charge in [0, 0.05) is 13.1 Å². The van der Waals surface area contributed by atoms with Crippen molar-refractivity contribution in [2.45, 2.75) is 19.4 Å². The Kier molecular flexibility index (Phi) is 5.38. The van der Waals surface area contributed by atoms with Crippen LogP contribution in [0.2, 0.25) is 0 Å². The first-order chi connectivity index (χ1) is 9.65. The molecule has 20 heavy (non-hydrogen) atoms. The number of aryl methyl sites for hydroxylation is 1. The lowest BCUT2D eigenvalue weighted by Gasteiger charge is -2.15. The maximum atomic E-state index is 11.8. The quantitative estimate of drug-likeness (QED) is 0.707. The molecule has 1 aliphatic rings. The first-order valence-corrected chi connectivity index (χ1v) is 7.01. The fraction of sp³-hybridized carbons (Fsp3) is 0.533. The van der Waals surface area contributed by atoms with Gasteiger partial charge in [-0.15, -0.1) is 0 Å². The Bertz CT molecular complexity index is 444. The number of nitrogens with one attached hydrogen (secondary N) is 2. The van der Waals surface area contributed by atoms with Crippen LogP contribution in [0.25, 0.3) is 0 Å². The monoisotopic (exact) mass is 278 g/mol. The number of hydrogen-bond acceptors (Lipinski definition) is 4. The van der Waals surface area contributed by atoms with Crippen LogP contribution in [0.4, 0.5) is 0 Å². The number of hydrogen-bond donors (Lipinski definition) is 3. The van der Waals surface area contributed by atoms with Crippen LogP contribution in [-0.2, 0) is 4.79 Å². The number of carbonyl (C=O) groups excluding carboxylic acids is 1. The average Bonchev–Trinajstić information content (AvgIpc) is 2.97. The van der Waals surface area contributed by atoms with Crippen molar-refractivity contribution in [2.24, 2.45) is 5.92 Å². The molecular weight excluding hydrogens is 256 g/mol. The van der Waals surface area contributed by atoms with Gasteiger partial charge in [-0.3, -0.25) is 4.79 Å². The van der Waals surface area contributed by atoms with E-state index in [1.807, 2.05) is 31.2 Å². The minimum absolute atomic E-state index is 0.00426. The van der Waals surface area contributed by atoms with Crippen LogP contribution in [0.15, 0.2) is 24.3 Å².